The number of carbonyl (C=O) groups excluding carboxylic acids is 2. The van der Waals surface area contributed by atoms with Crippen molar-refractivity contribution < 1.29 is 9.59 Å². The molecule has 1 aromatic carbocycles. The van der Waals surface area contributed by atoms with Crippen molar-refractivity contribution in [1.82, 2.24) is 9.97 Å². The Hall–Kier alpha value is -2.75. The molecule has 0 aliphatic carbocycles. The maximum Gasteiger partial charge on any atom is 0.251 e. The van der Waals surface area contributed by atoms with E-state index < -0.39 is 11.2 Å². The van der Waals surface area contributed by atoms with Gasteiger partial charge in [-0.3, -0.25) is 9.59 Å². The van der Waals surface area contributed by atoms with Crippen molar-refractivity contribution in [3.8, 4) is 10.4 Å². The molecule has 0 bridgehead atoms. The summed E-state index contributed by atoms with van der Waals surface area (Å²) in [5.41, 5.74) is 6.78. The number of thiophene rings is 2. The minimum atomic E-state index is -0.564. The molecule has 0 saturated carbocycles. The van der Waals surface area contributed by atoms with Crippen molar-refractivity contribution >= 4 is 61.5 Å². The first-order chi connectivity index (χ1) is 14.0. The van der Waals surface area contributed by atoms with Crippen LogP contribution in [0, 0.1) is 0 Å². The summed E-state index contributed by atoms with van der Waals surface area (Å²) in [6.07, 6.45) is 1.52. The summed E-state index contributed by atoms with van der Waals surface area (Å²) in [7, 11) is 0. The maximum absolute atomic E-state index is 12.6. The van der Waals surface area contributed by atoms with Gasteiger partial charge in [0.1, 0.15) is 21.2 Å². The van der Waals surface area contributed by atoms with Crippen LogP contribution in [-0.2, 0) is 4.79 Å². The molecule has 3 aromatic heterocycles. The highest BCUT2D eigenvalue weighted by molar-refractivity contribution is 8.00. The number of nitrogens with two attached hydrogens (primary N) is 1. The van der Waals surface area contributed by atoms with E-state index in [0.29, 0.717) is 10.6 Å². The average Bonchev–Trinajstić information content (AvgIpc) is 3.36. The molecule has 0 fully saturated rings. The van der Waals surface area contributed by atoms with Crippen molar-refractivity contribution in [2.24, 2.45) is 5.73 Å². The van der Waals surface area contributed by atoms with Crippen LogP contribution in [0.1, 0.15) is 17.3 Å². The molecule has 0 aliphatic rings. The van der Waals surface area contributed by atoms with E-state index in [9.17, 15) is 9.59 Å². The lowest BCUT2D eigenvalue weighted by atomic mass is 10.2. The lowest BCUT2D eigenvalue weighted by molar-refractivity contribution is -0.115. The SMILES string of the molecule is C[C@H](Sc1ncnc2sc(-c3ccccc3)cc12)C(=O)Nc1sccc1C(N)=O. The van der Waals surface area contributed by atoms with Gasteiger partial charge in [0, 0.05) is 10.3 Å². The standard InChI is InChI=1S/C20H16N4O2S3/c1-11(17(26)24-20-13(16(21)25)7-8-27-20)28-18-14-9-15(12-5-3-2-4-6-12)29-19(14)23-10-22-18/h2-11H,1H3,(H2,21,25)(H,24,26)/t11-/m0/s1. The van der Waals surface area contributed by atoms with Gasteiger partial charge >= 0.3 is 0 Å². The van der Waals surface area contributed by atoms with Crippen LogP contribution in [0.25, 0.3) is 20.7 Å². The molecule has 0 radical (unpaired) electrons. The Morgan fingerprint density at radius 2 is 1.97 bits per heavy atom. The molecule has 6 nitrogen and oxygen atoms in total. The van der Waals surface area contributed by atoms with Crippen molar-refractivity contribution in [3.05, 3.63) is 59.7 Å². The third kappa shape index (κ3) is 4.16. The lowest BCUT2D eigenvalue weighted by Crippen LogP contribution is -2.23. The predicted octanol–water partition coefficient (Wildman–Crippen LogP) is 4.64. The molecule has 4 aromatic rings. The zero-order valence-electron chi connectivity index (χ0n) is 15.3. The monoisotopic (exact) mass is 440 g/mol. The Labute approximate surface area is 179 Å². The van der Waals surface area contributed by atoms with Gasteiger partial charge in [0.15, 0.2) is 0 Å². The van der Waals surface area contributed by atoms with Gasteiger partial charge in [0.2, 0.25) is 5.91 Å². The third-order valence-electron chi connectivity index (χ3n) is 4.18. The number of thioether (sulfide) groups is 1. The summed E-state index contributed by atoms with van der Waals surface area (Å²) in [6.45, 7) is 1.80. The van der Waals surface area contributed by atoms with E-state index in [1.165, 1.54) is 29.4 Å². The van der Waals surface area contributed by atoms with Crippen LogP contribution >= 0.6 is 34.4 Å². The number of primary amides is 1. The second-order valence-corrected chi connectivity index (χ2v) is 9.43. The van der Waals surface area contributed by atoms with Crippen molar-refractivity contribution in [2.75, 3.05) is 5.32 Å². The van der Waals surface area contributed by atoms with Gasteiger partial charge in [-0.2, -0.15) is 0 Å². The number of nitrogens with one attached hydrogen (secondary N) is 1. The van der Waals surface area contributed by atoms with Gasteiger partial charge in [0.25, 0.3) is 5.91 Å². The Kier molecular flexibility index (Phi) is 5.61. The highest BCUT2D eigenvalue weighted by Gasteiger charge is 2.20. The third-order valence-corrected chi connectivity index (χ3v) is 7.21. The number of fused-ring (bicyclic) bond motifs is 1. The zero-order chi connectivity index (χ0) is 20.4. The van der Waals surface area contributed by atoms with Crippen LogP contribution in [0.4, 0.5) is 5.00 Å². The first kappa shape index (κ1) is 19.6. The molecular formula is C20H16N4O2S3. The first-order valence-electron chi connectivity index (χ1n) is 8.67. The molecular weight excluding hydrogens is 424 g/mol. The molecule has 3 heterocycles. The Balaban J connectivity index is 1.55. The number of benzene rings is 1. The fraction of sp³-hybridized carbons (Fsp3) is 0.100. The van der Waals surface area contributed by atoms with E-state index >= 15 is 0 Å². The molecule has 146 valence electrons. The van der Waals surface area contributed by atoms with Crippen LogP contribution in [0.3, 0.4) is 0 Å². The molecule has 1 atom stereocenters. The molecule has 0 spiro atoms. The summed E-state index contributed by atoms with van der Waals surface area (Å²) in [5, 5.41) is 6.22. The number of nitrogens with zero attached hydrogens (tertiary/aromatic N) is 2. The molecule has 3 N–H and O–H groups in total. The zero-order valence-corrected chi connectivity index (χ0v) is 17.7. The van der Waals surface area contributed by atoms with E-state index in [2.05, 4.69) is 33.5 Å². The number of amides is 2. The minimum absolute atomic E-state index is 0.217. The lowest BCUT2D eigenvalue weighted by Gasteiger charge is -2.11. The summed E-state index contributed by atoms with van der Waals surface area (Å²) in [5.74, 6) is -0.781. The molecule has 29 heavy (non-hydrogen) atoms. The number of hydrogen-bond acceptors (Lipinski definition) is 7. The summed E-state index contributed by atoms with van der Waals surface area (Å²) < 4.78 is 0. The van der Waals surface area contributed by atoms with Gasteiger partial charge in [-0.25, -0.2) is 9.97 Å². The van der Waals surface area contributed by atoms with Gasteiger partial charge < -0.3 is 11.1 Å². The van der Waals surface area contributed by atoms with E-state index in [-0.39, 0.29) is 5.91 Å². The molecule has 9 heteroatoms. The molecule has 0 unspecified atom stereocenters. The Morgan fingerprint density at radius 3 is 2.72 bits per heavy atom. The highest BCUT2D eigenvalue weighted by atomic mass is 32.2. The summed E-state index contributed by atoms with van der Waals surface area (Å²) in [4.78, 5) is 34.8. The number of rotatable bonds is 6. The number of carbonyl (C=O) groups is 2. The molecule has 0 saturated heterocycles. The van der Waals surface area contributed by atoms with Gasteiger partial charge in [-0.15, -0.1) is 22.7 Å². The second-order valence-electron chi connectivity index (χ2n) is 6.15. The van der Waals surface area contributed by atoms with Crippen LogP contribution in [0.5, 0.6) is 0 Å². The number of aromatic nitrogens is 2. The summed E-state index contributed by atoms with van der Waals surface area (Å²) in [6, 6.07) is 13.8. The van der Waals surface area contributed by atoms with E-state index in [0.717, 1.165) is 25.7 Å². The molecule has 2 amide bonds. The Morgan fingerprint density at radius 1 is 1.17 bits per heavy atom. The van der Waals surface area contributed by atoms with Gasteiger partial charge in [-0.05, 0) is 30.0 Å². The number of hydrogen-bond donors (Lipinski definition) is 2. The first-order valence-corrected chi connectivity index (χ1v) is 11.3. The van der Waals surface area contributed by atoms with E-state index in [1.807, 2.05) is 18.2 Å². The average molecular weight is 441 g/mol. The predicted molar refractivity (Wildman–Crippen MR) is 120 cm³/mol. The fourth-order valence-electron chi connectivity index (χ4n) is 2.71. The normalized spacial score (nSPS) is 12.0. The van der Waals surface area contributed by atoms with Gasteiger partial charge in [-0.1, -0.05) is 42.1 Å². The highest BCUT2D eigenvalue weighted by Crippen LogP contribution is 2.37. The molecule has 4 rings (SSSR count). The quantitative estimate of drug-likeness (QED) is 0.336. The minimum Gasteiger partial charge on any atom is -0.366 e. The van der Waals surface area contributed by atoms with Crippen molar-refractivity contribution in [1.29, 1.82) is 0 Å². The van der Waals surface area contributed by atoms with Crippen molar-refractivity contribution in [3.63, 3.8) is 0 Å². The van der Waals surface area contributed by atoms with E-state index in [4.69, 9.17) is 5.73 Å². The Bertz CT molecular complexity index is 1190. The van der Waals surface area contributed by atoms with Crippen LogP contribution in [0.15, 0.2) is 59.2 Å². The molecule has 0 aliphatic heterocycles. The maximum atomic E-state index is 12.6. The van der Waals surface area contributed by atoms with Gasteiger partial charge in [0.05, 0.1) is 10.8 Å². The fourth-order valence-corrected chi connectivity index (χ4v) is 5.46. The summed E-state index contributed by atoms with van der Waals surface area (Å²) >= 11 is 4.22. The van der Waals surface area contributed by atoms with Crippen LogP contribution in [0.2, 0.25) is 0 Å². The van der Waals surface area contributed by atoms with Crippen LogP contribution in [-0.4, -0.2) is 27.0 Å². The van der Waals surface area contributed by atoms with E-state index in [1.54, 1.807) is 29.7 Å². The number of anilines is 1. The largest absolute Gasteiger partial charge is 0.366 e. The topological polar surface area (TPSA) is 98.0 Å². The second kappa shape index (κ2) is 8.32. The van der Waals surface area contributed by atoms with Crippen molar-refractivity contribution in [2.45, 2.75) is 17.2 Å². The smallest absolute Gasteiger partial charge is 0.251 e. The van der Waals surface area contributed by atoms with Crippen LogP contribution < -0.4 is 11.1 Å².